The lowest BCUT2D eigenvalue weighted by Crippen LogP contribution is -2.29. The second kappa shape index (κ2) is 13.8. The van der Waals surface area contributed by atoms with Gasteiger partial charge >= 0.3 is 10.2 Å². The highest BCUT2D eigenvalue weighted by Gasteiger charge is 2.29. The number of halogens is 2. The smallest absolute Gasteiger partial charge is 0.330 e. The van der Waals surface area contributed by atoms with Crippen molar-refractivity contribution in [3.05, 3.63) is 131 Å². The fourth-order valence-electron chi connectivity index (χ4n) is 6.60. The minimum Gasteiger partial charge on any atom is -0.493 e. The Bertz CT molecular complexity index is 2320. The molecular weight excluding hydrogens is 715 g/mol. The number of anilines is 1. The first kappa shape index (κ1) is 34.2. The molecule has 5 aromatic rings. The Kier molecular flexibility index (Phi) is 9.42. The average Bonchev–Trinajstić information content (AvgIpc) is 3.63. The minimum atomic E-state index is -3.99. The maximum atomic E-state index is 13.3. The highest BCUT2D eigenvalue weighted by atomic mass is 35.5. The Morgan fingerprint density at radius 1 is 0.860 bits per heavy atom. The summed E-state index contributed by atoms with van der Waals surface area (Å²) in [6.07, 6.45) is 8.67. The van der Waals surface area contributed by atoms with Gasteiger partial charge in [-0.1, -0.05) is 84.9 Å². The van der Waals surface area contributed by atoms with Crippen LogP contribution in [-0.2, 0) is 26.5 Å². The number of rotatable bonds is 9. The molecule has 13 heteroatoms. The van der Waals surface area contributed by atoms with Crippen LogP contribution in [0.15, 0.2) is 114 Å². The maximum absolute atomic E-state index is 13.3. The van der Waals surface area contributed by atoms with Gasteiger partial charge in [-0.25, -0.2) is 22.4 Å². The van der Waals surface area contributed by atoms with Gasteiger partial charge in [0.2, 0.25) is 5.88 Å². The van der Waals surface area contributed by atoms with Crippen molar-refractivity contribution in [2.24, 2.45) is 5.92 Å². The van der Waals surface area contributed by atoms with Crippen molar-refractivity contribution in [2.45, 2.75) is 43.4 Å². The molecule has 50 heavy (non-hydrogen) atoms. The standard InChI is InChI=1S/C37H34Cl2N4O5S2/c38-29-16-17-33(34(39)20-29)35-22-42(30-9-5-10-31(21-30)43-23-37(44)41-50(43,47)48)36(40-35)18-25-12-14-27(15-13-25)28-8-4-11-32(19-28)49(45,46)24-26-6-2-1-3-7-26/h4-5,8-17,19-23,26,41,44H,1-3,6-7,18,24H2. The van der Waals surface area contributed by atoms with Crippen molar-refractivity contribution in [3.8, 4) is 28.1 Å². The molecule has 0 spiro atoms. The summed E-state index contributed by atoms with van der Waals surface area (Å²) in [5.41, 5.74) is 4.90. The molecule has 0 atom stereocenters. The molecule has 1 fully saturated rings. The number of aliphatic hydroxyl groups is 1. The fraction of sp³-hybridized carbons (Fsp3) is 0.216. The van der Waals surface area contributed by atoms with Crippen LogP contribution in [-0.4, -0.2) is 37.2 Å². The van der Waals surface area contributed by atoms with Gasteiger partial charge in [-0.05, 0) is 84.0 Å². The Labute approximate surface area is 301 Å². The van der Waals surface area contributed by atoms with Crippen LogP contribution in [0.2, 0.25) is 10.0 Å². The molecule has 258 valence electrons. The van der Waals surface area contributed by atoms with Crippen LogP contribution in [0.5, 0.6) is 0 Å². The van der Waals surface area contributed by atoms with E-state index < -0.39 is 25.9 Å². The van der Waals surface area contributed by atoms with E-state index in [-0.39, 0.29) is 11.7 Å². The zero-order valence-electron chi connectivity index (χ0n) is 26.8. The molecule has 1 aromatic heterocycles. The summed E-state index contributed by atoms with van der Waals surface area (Å²) in [6, 6.07) is 27.1. The summed E-state index contributed by atoms with van der Waals surface area (Å²) in [6.45, 7) is 0. The second-order valence-electron chi connectivity index (χ2n) is 12.7. The van der Waals surface area contributed by atoms with E-state index in [0.717, 1.165) is 52.9 Å². The summed E-state index contributed by atoms with van der Waals surface area (Å²) in [4.78, 5) is 5.30. The van der Waals surface area contributed by atoms with Gasteiger partial charge in [-0.15, -0.1) is 0 Å². The molecule has 0 radical (unpaired) electrons. The number of imidazole rings is 1. The Hall–Kier alpha value is -4.29. The molecule has 9 nitrogen and oxygen atoms in total. The van der Waals surface area contributed by atoms with Crippen molar-refractivity contribution >= 4 is 48.9 Å². The molecule has 4 aromatic carbocycles. The van der Waals surface area contributed by atoms with E-state index in [0.29, 0.717) is 49.8 Å². The van der Waals surface area contributed by atoms with Gasteiger partial charge in [-0.2, -0.15) is 8.42 Å². The third-order valence-electron chi connectivity index (χ3n) is 9.10. The average molecular weight is 750 g/mol. The molecule has 2 heterocycles. The topological polar surface area (TPSA) is 122 Å². The zero-order valence-corrected chi connectivity index (χ0v) is 30.0. The normalized spacial score (nSPS) is 16.3. The molecule has 1 saturated carbocycles. The van der Waals surface area contributed by atoms with Gasteiger partial charge in [0.25, 0.3) is 0 Å². The first-order valence-electron chi connectivity index (χ1n) is 16.2. The number of hydrogen-bond donors (Lipinski definition) is 2. The van der Waals surface area contributed by atoms with Crippen LogP contribution in [0.4, 0.5) is 5.69 Å². The monoisotopic (exact) mass is 748 g/mol. The van der Waals surface area contributed by atoms with E-state index in [1.165, 1.54) is 6.42 Å². The minimum absolute atomic E-state index is 0.193. The van der Waals surface area contributed by atoms with Gasteiger partial charge in [-0.3, -0.25) is 0 Å². The number of hydrogen-bond acceptors (Lipinski definition) is 6. The van der Waals surface area contributed by atoms with Gasteiger partial charge in [0.05, 0.1) is 33.3 Å². The quantitative estimate of drug-likeness (QED) is 0.156. The molecule has 0 amide bonds. The van der Waals surface area contributed by atoms with Crippen LogP contribution in [0, 0.1) is 5.92 Å². The summed E-state index contributed by atoms with van der Waals surface area (Å²) < 4.78 is 56.7. The van der Waals surface area contributed by atoms with Crippen LogP contribution in [0.3, 0.4) is 0 Å². The Morgan fingerprint density at radius 2 is 1.60 bits per heavy atom. The third kappa shape index (κ3) is 7.27. The first-order chi connectivity index (χ1) is 23.9. The van der Waals surface area contributed by atoms with Crippen molar-refractivity contribution in [3.63, 3.8) is 0 Å². The molecule has 0 bridgehead atoms. The van der Waals surface area contributed by atoms with E-state index in [9.17, 15) is 21.9 Å². The maximum Gasteiger partial charge on any atom is 0.330 e. The Balaban J connectivity index is 1.19. The first-order valence-corrected chi connectivity index (χ1v) is 20.1. The summed E-state index contributed by atoms with van der Waals surface area (Å²) >= 11 is 12.7. The number of aliphatic hydroxyl groups excluding tert-OH is 1. The van der Waals surface area contributed by atoms with Gasteiger partial charge < -0.3 is 9.67 Å². The molecule has 2 N–H and O–H groups in total. The fourth-order valence-corrected chi connectivity index (χ4v) is 9.89. The predicted octanol–water partition coefficient (Wildman–Crippen LogP) is 8.47. The van der Waals surface area contributed by atoms with Crippen molar-refractivity contribution in [1.82, 2.24) is 14.3 Å². The van der Waals surface area contributed by atoms with E-state index >= 15 is 0 Å². The summed E-state index contributed by atoms with van der Waals surface area (Å²) in [5, 5.41) is 10.8. The molecule has 7 rings (SSSR count). The van der Waals surface area contributed by atoms with Crippen LogP contribution in [0.25, 0.3) is 28.1 Å². The number of nitrogens with one attached hydrogen (secondary N) is 1. The molecular formula is C37H34Cl2N4O5S2. The van der Waals surface area contributed by atoms with Gasteiger partial charge in [0.15, 0.2) is 9.84 Å². The number of nitrogens with zero attached hydrogens (tertiary/aromatic N) is 3. The molecule has 1 aliphatic heterocycles. The molecule has 1 aliphatic carbocycles. The predicted molar refractivity (Wildman–Crippen MR) is 198 cm³/mol. The SMILES string of the molecule is O=S(=O)(CC1CCCCC1)c1cccc(-c2ccc(Cc3nc(-c4ccc(Cl)cc4Cl)cn3-c3cccc(N4C=C(O)NS4(=O)=O)c3)cc2)c1. The largest absolute Gasteiger partial charge is 0.493 e. The van der Waals surface area contributed by atoms with Crippen LogP contribution < -0.4 is 9.03 Å². The van der Waals surface area contributed by atoms with Crippen LogP contribution >= 0.6 is 23.2 Å². The molecule has 0 saturated heterocycles. The lowest BCUT2D eigenvalue weighted by Gasteiger charge is -2.21. The van der Waals surface area contributed by atoms with E-state index in [4.69, 9.17) is 28.2 Å². The van der Waals surface area contributed by atoms with E-state index in [1.807, 2.05) is 47.2 Å². The molecule has 0 unspecified atom stereocenters. The van der Waals surface area contributed by atoms with Crippen molar-refractivity contribution in [1.29, 1.82) is 0 Å². The zero-order chi connectivity index (χ0) is 35.0. The number of aromatic nitrogens is 2. The number of benzene rings is 4. The van der Waals surface area contributed by atoms with Gasteiger partial charge in [0.1, 0.15) is 5.82 Å². The van der Waals surface area contributed by atoms with Crippen molar-refractivity contribution < 1.29 is 21.9 Å². The summed E-state index contributed by atoms with van der Waals surface area (Å²) in [5.74, 6) is 0.596. The second-order valence-corrected chi connectivity index (χ2v) is 17.1. The Morgan fingerprint density at radius 3 is 2.32 bits per heavy atom. The lowest BCUT2D eigenvalue weighted by atomic mass is 9.91. The van der Waals surface area contributed by atoms with Crippen LogP contribution in [0.1, 0.15) is 43.5 Å². The third-order valence-corrected chi connectivity index (χ3v) is 12.8. The summed E-state index contributed by atoms with van der Waals surface area (Å²) in [7, 11) is -7.38. The highest BCUT2D eigenvalue weighted by molar-refractivity contribution is 7.91. The number of sulfone groups is 1. The van der Waals surface area contributed by atoms with E-state index in [1.54, 1.807) is 54.6 Å². The molecule has 2 aliphatic rings. The van der Waals surface area contributed by atoms with Gasteiger partial charge in [0, 0.05) is 28.9 Å². The lowest BCUT2D eigenvalue weighted by molar-refractivity contribution is 0.385. The highest BCUT2D eigenvalue weighted by Crippen LogP contribution is 2.33. The van der Waals surface area contributed by atoms with E-state index in [2.05, 4.69) is 4.72 Å². The van der Waals surface area contributed by atoms with Crippen molar-refractivity contribution in [2.75, 3.05) is 10.1 Å².